The average molecular weight is 1930 g/mol. The molecule has 4 saturated heterocycles. The minimum atomic E-state index is -0.326. The molecule has 12 aromatic rings. The van der Waals surface area contributed by atoms with Gasteiger partial charge in [0.1, 0.15) is 23.0 Å². The Morgan fingerprint density at radius 1 is 0.411 bits per heavy atom. The first-order chi connectivity index (χ1) is 68.2. The third-order valence-electron chi connectivity index (χ3n) is 26.8. The van der Waals surface area contributed by atoms with E-state index in [9.17, 15) is 24.0 Å². The van der Waals surface area contributed by atoms with E-state index in [0.29, 0.717) is 152 Å². The summed E-state index contributed by atoms with van der Waals surface area (Å²) in [5.41, 5.74) is 18.2. The molecule has 0 atom stereocenters. The predicted molar refractivity (Wildman–Crippen MR) is 556 cm³/mol. The second kappa shape index (κ2) is 43.2. The Balaban J connectivity index is 0.000000147. The van der Waals surface area contributed by atoms with Crippen LogP contribution in [0.25, 0.3) is 0 Å². The fourth-order valence-corrected chi connectivity index (χ4v) is 19.2. The molecule has 7 aliphatic heterocycles. The molecule has 7 aliphatic rings. The minimum Gasteiger partial charge on any atom is -0.497 e. The summed E-state index contributed by atoms with van der Waals surface area (Å²) in [6.45, 7) is 30.6. The highest BCUT2D eigenvalue weighted by atomic mass is 35.5. The molecule has 0 radical (unpaired) electrons. The quantitative estimate of drug-likeness (QED) is 0.0506. The highest BCUT2D eigenvalue weighted by Crippen LogP contribution is 2.48. The molecule has 0 bridgehead atoms. The van der Waals surface area contributed by atoms with E-state index in [2.05, 4.69) is 111 Å². The van der Waals surface area contributed by atoms with Crippen LogP contribution in [0.4, 0.5) is 118 Å². The molecule has 0 saturated carbocycles. The minimum absolute atomic E-state index is 0.0896. The number of hydrogen-bond acceptors (Lipinski definition) is 26. The lowest BCUT2D eigenvalue weighted by Crippen LogP contribution is -2.48. The number of nitrogens with zero attached hydrogens (tertiary/aromatic N) is 23. The zero-order valence-electron chi connectivity index (χ0n) is 82.8. The maximum absolute atomic E-state index is 14.7. The predicted octanol–water partition coefficient (Wildman–Crippen LogP) is 16.3. The smallest absolute Gasteiger partial charge is 0.335 e. The van der Waals surface area contributed by atoms with Crippen LogP contribution in [0.1, 0.15) is 63.9 Å². The van der Waals surface area contributed by atoms with E-state index in [1.54, 1.807) is 110 Å². The van der Waals surface area contributed by atoms with Gasteiger partial charge in [0.05, 0.1) is 106 Å². The summed E-state index contributed by atoms with van der Waals surface area (Å²) in [7, 11) is 14.7. The number of fused-ring (bicyclic) bond motifs is 3. The second-order valence-electron chi connectivity index (χ2n) is 36.6. The molecule has 8 aromatic carbocycles. The van der Waals surface area contributed by atoms with Gasteiger partial charge in [-0.2, -0.15) is 20.1 Å². The van der Waals surface area contributed by atoms with Crippen molar-refractivity contribution in [3.05, 3.63) is 244 Å². The van der Waals surface area contributed by atoms with Crippen LogP contribution in [-0.4, -0.2) is 267 Å². The number of rotatable bonds is 24. The molecule has 141 heavy (non-hydrogen) atoms. The number of benzene rings is 8. The Morgan fingerprint density at radius 3 is 1.19 bits per heavy atom. The van der Waals surface area contributed by atoms with Gasteiger partial charge in [-0.25, -0.2) is 44.0 Å². The van der Waals surface area contributed by atoms with Crippen LogP contribution < -0.4 is 79.0 Å². The number of urea groups is 3. The number of piperazine rings is 4. The summed E-state index contributed by atoms with van der Waals surface area (Å²) in [5.74, 6) is 4.90. The van der Waals surface area contributed by atoms with Gasteiger partial charge >= 0.3 is 18.1 Å². The lowest BCUT2D eigenvalue weighted by molar-refractivity contribution is -0.129. The van der Waals surface area contributed by atoms with E-state index >= 15 is 0 Å². The van der Waals surface area contributed by atoms with Crippen LogP contribution in [0.2, 0.25) is 5.02 Å². The SMILES string of the molecule is COc1cc(N2CCN(C(C)=O)CC2)ccc1N1C(=O)N(c2c(C)cccc2C)Cc2cnc(Nc3ccc(CN4CCN(C)CC4)cc3)nc21.COc1cc(N2CCN(C(C)=O)CC2)ccc1N1C(=O)N(c2c(C)cccc2C)Cc2cnc(Nc3ccc(N4CCN(C)CC4)cc3)nc21.COc1ccc(N2C(=O)N(c3c(C)cccc3Cl)Cc3cnc(Nc4cnn(CCN(C)C)c4)nc32)c(OC)c1. The molecule has 11 heterocycles. The molecule has 35 nitrogen and oxygen atoms in total. The van der Waals surface area contributed by atoms with Crippen molar-refractivity contribution in [2.45, 2.75) is 81.2 Å². The van der Waals surface area contributed by atoms with Crippen molar-refractivity contribution in [3.8, 4) is 23.0 Å². The zero-order valence-corrected chi connectivity index (χ0v) is 83.5. The third kappa shape index (κ3) is 21.8. The van der Waals surface area contributed by atoms with Crippen LogP contribution in [0.15, 0.2) is 189 Å². The maximum atomic E-state index is 14.7. The number of anilines is 18. The Bertz CT molecular complexity index is 6500. The van der Waals surface area contributed by atoms with E-state index in [1.165, 1.54) is 16.2 Å². The number of nitrogens with one attached hydrogen (secondary N) is 3. The molecule has 4 fully saturated rings. The first-order valence-electron chi connectivity index (χ1n) is 47.6. The zero-order chi connectivity index (χ0) is 99.0. The summed E-state index contributed by atoms with van der Waals surface area (Å²) in [6, 6.07) is 50.7. The van der Waals surface area contributed by atoms with Gasteiger partial charge in [-0.05, 0) is 175 Å². The van der Waals surface area contributed by atoms with Gasteiger partial charge in [0.2, 0.25) is 29.7 Å². The van der Waals surface area contributed by atoms with Crippen molar-refractivity contribution in [1.82, 2.24) is 69.1 Å². The average Bonchev–Trinajstić information content (AvgIpc) is 0.899. The Kier molecular flexibility index (Phi) is 30.0. The molecule has 19 rings (SSSR count). The van der Waals surface area contributed by atoms with E-state index in [4.69, 9.17) is 55.5 Å². The standard InChI is InChI=1S/C39H47N9O3.C38H45N9O3.C28H31ClN8O3/c1-27-7-6-8-28(2)36(27)47-26-31-24-40-38(41-32-11-9-30(10-12-32)25-44-17-15-43(4)16-18-44)42-37(31)48(39(47)50)34-14-13-33(23-35(34)51-5)46-21-19-45(20-22-46)29(3)49;1-26-7-6-8-27(2)35(26)46-25-29-24-39-37(40-30-9-11-31(12-10-30)44-17-15-42(4)16-18-44)41-36(29)47(38(46)49)33-14-13-32(23-34(33)50-5)45-21-19-43(20-22-45)28(3)48;1-18-7-6-8-22(29)25(18)36-16-19-14-30-27(32-20-15-31-35(17-20)12-11-34(2)3)33-26(19)37(28(36)38)23-10-9-21(39-4)13-24(23)40-5/h6-14,23-24H,15-22,25-26H2,1-5H3,(H,40,41,42);6-14,23-24H,15-22,25H2,1-5H3,(H,39,40,41);6-10,13-15,17H,11-12,16H2,1-5H3,(H,30,32,33). The van der Waals surface area contributed by atoms with Gasteiger partial charge in [-0.15, -0.1) is 0 Å². The van der Waals surface area contributed by atoms with Gasteiger partial charge in [-0.3, -0.25) is 33.9 Å². The first-order valence-corrected chi connectivity index (χ1v) is 48.0. The number of hydrogen-bond donors (Lipinski definition) is 3. The van der Waals surface area contributed by atoms with E-state index in [-0.39, 0.29) is 36.5 Å². The fourth-order valence-electron chi connectivity index (χ4n) is 18.9. The van der Waals surface area contributed by atoms with Crippen LogP contribution in [0, 0.1) is 34.6 Å². The molecule has 0 unspecified atom stereocenters. The summed E-state index contributed by atoms with van der Waals surface area (Å²) in [6.07, 6.45) is 8.94. The van der Waals surface area contributed by atoms with Gasteiger partial charge in [0.15, 0.2) is 17.5 Å². The summed E-state index contributed by atoms with van der Waals surface area (Å²) in [5, 5.41) is 14.8. The Morgan fingerprint density at radius 2 is 0.780 bits per heavy atom. The largest absolute Gasteiger partial charge is 0.497 e. The number of amides is 8. The highest BCUT2D eigenvalue weighted by molar-refractivity contribution is 6.34. The van der Waals surface area contributed by atoms with Gasteiger partial charge in [-0.1, -0.05) is 72.3 Å². The second-order valence-corrected chi connectivity index (χ2v) is 37.1. The van der Waals surface area contributed by atoms with Crippen molar-refractivity contribution in [2.75, 3.05) is 228 Å². The number of aromatic nitrogens is 8. The van der Waals surface area contributed by atoms with Crippen LogP contribution >= 0.6 is 11.6 Å². The molecule has 36 heteroatoms. The van der Waals surface area contributed by atoms with E-state index in [1.807, 2.05) is 173 Å². The molecule has 0 spiro atoms. The van der Waals surface area contributed by atoms with Crippen molar-refractivity contribution in [3.63, 3.8) is 0 Å². The van der Waals surface area contributed by atoms with Crippen molar-refractivity contribution >= 4 is 145 Å². The van der Waals surface area contributed by atoms with Crippen molar-refractivity contribution in [2.24, 2.45) is 0 Å². The monoisotopic (exact) mass is 1930 g/mol. The maximum Gasteiger partial charge on any atom is 0.335 e. The number of ether oxygens (including phenoxy) is 4. The molecular formula is C105H123ClN26O9. The number of carbonyl (C=O) groups excluding carboxylic acids is 5. The molecule has 4 aromatic heterocycles. The molecule has 0 aliphatic carbocycles. The molecule has 3 N–H and O–H groups in total. The van der Waals surface area contributed by atoms with Crippen LogP contribution in [0.3, 0.4) is 0 Å². The number of likely N-dealkylation sites (N-methyl/N-ethyl adjacent to an activating group) is 3. The highest BCUT2D eigenvalue weighted by Gasteiger charge is 2.42. The van der Waals surface area contributed by atoms with Crippen molar-refractivity contribution in [1.29, 1.82) is 0 Å². The number of carbonyl (C=O) groups is 5. The molecule has 8 amide bonds. The summed E-state index contributed by atoms with van der Waals surface area (Å²) >= 11 is 6.60. The van der Waals surface area contributed by atoms with Gasteiger partial charge in [0, 0.05) is 220 Å². The normalized spacial score (nSPS) is 15.8. The number of halogens is 1. The number of aryl methyl sites for hydroxylation is 5. The fraction of sp³-hybridized carbons (Fsp3) is 0.352. The summed E-state index contributed by atoms with van der Waals surface area (Å²) in [4.78, 5) is 126. The molecular weight excluding hydrogens is 1800 g/mol. The van der Waals surface area contributed by atoms with Crippen LogP contribution in [0.5, 0.6) is 23.0 Å². The Hall–Kier alpha value is -14.9. The topological polar surface area (TPSA) is 302 Å². The number of methoxy groups -OCH3 is 4. The lowest BCUT2D eigenvalue weighted by Gasteiger charge is -2.38. The van der Waals surface area contributed by atoms with Gasteiger partial charge in [0.25, 0.3) is 0 Å². The summed E-state index contributed by atoms with van der Waals surface area (Å²) < 4.78 is 24.8. The first kappa shape index (κ1) is 97.7. The lowest BCUT2D eigenvalue weighted by atomic mass is 10.1. The molecule has 734 valence electrons. The third-order valence-corrected chi connectivity index (χ3v) is 27.1. The van der Waals surface area contributed by atoms with Crippen LogP contribution in [-0.2, 0) is 42.3 Å². The van der Waals surface area contributed by atoms with E-state index < -0.39 is 0 Å². The van der Waals surface area contributed by atoms with Crippen molar-refractivity contribution < 1.29 is 42.9 Å². The van der Waals surface area contributed by atoms with Gasteiger partial charge < -0.3 is 74.1 Å². The number of para-hydroxylation sites is 3. The Labute approximate surface area is 828 Å². The van der Waals surface area contributed by atoms with E-state index in [0.717, 1.165) is 156 Å².